The second-order valence-corrected chi connectivity index (χ2v) is 2.62. The molecule has 0 amide bonds. The molecule has 1 aliphatic heterocycles. The summed E-state index contributed by atoms with van der Waals surface area (Å²) in [6.45, 7) is 1.79. The van der Waals surface area contributed by atoms with Gasteiger partial charge in [0.05, 0.1) is 6.04 Å². The lowest BCUT2D eigenvalue weighted by molar-refractivity contribution is -0.118. The van der Waals surface area contributed by atoms with E-state index >= 15 is 0 Å². The van der Waals surface area contributed by atoms with Crippen LogP contribution in [0.15, 0.2) is 0 Å². The molecule has 1 rings (SSSR count). The van der Waals surface area contributed by atoms with Crippen molar-refractivity contribution in [3.05, 3.63) is 0 Å². The van der Waals surface area contributed by atoms with Crippen LogP contribution in [0.2, 0.25) is 0 Å². The van der Waals surface area contributed by atoms with E-state index < -0.39 is 0 Å². The lowest BCUT2D eigenvalue weighted by Crippen LogP contribution is -2.30. The minimum atomic E-state index is 0.132. The molecule has 0 aromatic heterocycles. The Hall–Kier alpha value is -0.410. The first-order valence-electron chi connectivity index (χ1n) is 3.75. The van der Waals surface area contributed by atoms with Crippen LogP contribution in [0, 0.1) is 0 Å². The van der Waals surface area contributed by atoms with Crippen LogP contribution in [0.4, 0.5) is 0 Å². The van der Waals surface area contributed by atoms with E-state index in [0.29, 0.717) is 12.2 Å². The van der Waals surface area contributed by atoms with Crippen LogP contribution in [0.1, 0.15) is 12.8 Å². The zero-order chi connectivity index (χ0) is 7.40. The predicted octanol–water partition coefficient (Wildman–Crippen LogP) is -0.473. The molecular weight excluding hydrogens is 128 g/mol. The van der Waals surface area contributed by atoms with Gasteiger partial charge in [0.15, 0.2) is 5.78 Å². The van der Waals surface area contributed by atoms with Crippen molar-refractivity contribution in [2.45, 2.75) is 18.9 Å². The molecule has 58 valence electrons. The van der Waals surface area contributed by atoms with Gasteiger partial charge in [-0.25, -0.2) is 0 Å². The third-order valence-electron chi connectivity index (χ3n) is 1.83. The highest BCUT2D eigenvalue weighted by atomic mass is 16.1. The number of carbonyl (C=O) groups is 1. The van der Waals surface area contributed by atoms with Crippen LogP contribution < -0.4 is 10.6 Å². The first-order chi connectivity index (χ1) is 4.84. The Morgan fingerprint density at radius 2 is 2.60 bits per heavy atom. The van der Waals surface area contributed by atoms with Crippen molar-refractivity contribution >= 4 is 5.78 Å². The lowest BCUT2D eigenvalue weighted by Gasteiger charge is -2.06. The minimum absolute atomic E-state index is 0.132. The molecular formula is C7H14N2O. The average Bonchev–Trinajstić information content (AvgIpc) is 2.31. The minimum Gasteiger partial charge on any atom is -0.320 e. The van der Waals surface area contributed by atoms with Gasteiger partial charge in [-0.15, -0.1) is 0 Å². The molecule has 2 N–H and O–H groups in total. The van der Waals surface area contributed by atoms with E-state index in [-0.39, 0.29) is 6.04 Å². The van der Waals surface area contributed by atoms with E-state index in [4.69, 9.17) is 0 Å². The van der Waals surface area contributed by atoms with E-state index in [0.717, 1.165) is 19.5 Å². The summed E-state index contributed by atoms with van der Waals surface area (Å²) in [7, 11) is 1.90. The van der Waals surface area contributed by atoms with E-state index in [1.807, 2.05) is 7.05 Å². The van der Waals surface area contributed by atoms with E-state index in [2.05, 4.69) is 10.6 Å². The summed E-state index contributed by atoms with van der Waals surface area (Å²) in [5, 5.41) is 6.17. The number of hydrogen-bond donors (Lipinski definition) is 2. The summed E-state index contributed by atoms with van der Waals surface area (Å²) < 4.78 is 0. The maximum absolute atomic E-state index is 11.0. The van der Waals surface area contributed by atoms with Crippen molar-refractivity contribution in [1.82, 2.24) is 10.6 Å². The molecule has 0 spiro atoms. The third kappa shape index (κ3) is 1.78. The summed E-state index contributed by atoms with van der Waals surface area (Å²) in [6.07, 6.45) is 1.64. The SMILES string of the molecule is CNCCC1NCCC1=O. The Morgan fingerprint density at radius 3 is 3.10 bits per heavy atom. The van der Waals surface area contributed by atoms with Crippen molar-refractivity contribution in [2.24, 2.45) is 0 Å². The molecule has 1 saturated heterocycles. The first kappa shape index (κ1) is 7.69. The smallest absolute Gasteiger partial charge is 0.151 e. The van der Waals surface area contributed by atoms with Crippen LogP contribution >= 0.6 is 0 Å². The molecule has 3 nitrogen and oxygen atoms in total. The Kier molecular flexibility index (Phi) is 2.83. The highest BCUT2D eigenvalue weighted by molar-refractivity contribution is 5.86. The maximum Gasteiger partial charge on any atom is 0.151 e. The Labute approximate surface area is 61.2 Å². The van der Waals surface area contributed by atoms with Gasteiger partial charge in [-0.2, -0.15) is 0 Å². The molecule has 0 aliphatic carbocycles. The molecule has 1 aliphatic rings. The van der Waals surface area contributed by atoms with Gasteiger partial charge in [0.2, 0.25) is 0 Å². The standard InChI is InChI=1S/C7H14N2O/c1-8-4-2-6-7(10)3-5-9-6/h6,8-9H,2-5H2,1H3. The van der Waals surface area contributed by atoms with Crippen LogP contribution in [0.5, 0.6) is 0 Å². The predicted molar refractivity (Wildman–Crippen MR) is 40.0 cm³/mol. The van der Waals surface area contributed by atoms with E-state index in [1.165, 1.54) is 0 Å². The van der Waals surface area contributed by atoms with Gasteiger partial charge in [-0.05, 0) is 20.0 Å². The molecule has 1 fully saturated rings. The molecule has 1 unspecified atom stereocenters. The average molecular weight is 142 g/mol. The monoisotopic (exact) mass is 142 g/mol. The molecule has 1 heterocycles. The zero-order valence-corrected chi connectivity index (χ0v) is 6.31. The normalized spacial score (nSPS) is 25.7. The molecule has 0 radical (unpaired) electrons. The zero-order valence-electron chi connectivity index (χ0n) is 6.31. The number of nitrogens with one attached hydrogen (secondary N) is 2. The van der Waals surface area contributed by atoms with Gasteiger partial charge < -0.3 is 10.6 Å². The van der Waals surface area contributed by atoms with Crippen LogP contribution in [-0.4, -0.2) is 32.0 Å². The molecule has 0 saturated carbocycles. The molecule has 0 bridgehead atoms. The highest BCUT2D eigenvalue weighted by Gasteiger charge is 2.22. The van der Waals surface area contributed by atoms with Crippen molar-refractivity contribution in [2.75, 3.05) is 20.1 Å². The van der Waals surface area contributed by atoms with Gasteiger partial charge >= 0.3 is 0 Å². The molecule has 1 atom stereocenters. The van der Waals surface area contributed by atoms with Crippen molar-refractivity contribution in [1.29, 1.82) is 0 Å². The summed E-state index contributed by atoms with van der Waals surface area (Å²) in [5.41, 5.74) is 0. The van der Waals surface area contributed by atoms with Crippen LogP contribution in [0.3, 0.4) is 0 Å². The largest absolute Gasteiger partial charge is 0.320 e. The number of rotatable bonds is 3. The number of hydrogen-bond acceptors (Lipinski definition) is 3. The third-order valence-corrected chi connectivity index (χ3v) is 1.83. The van der Waals surface area contributed by atoms with Gasteiger partial charge in [-0.1, -0.05) is 0 Å². The van der Waals surface area contributed by atoms with Crippen LogP contribution in [0.25, 0.3) is 0 Å². The van der Waals surface area contributed by atoms with Gasteiger partial charge in [0.25, 0.3) is 0 Å². The molecule has 0 aromatic rings. The summed E-state index contributed by atoms with van der Waals surface area (Å²) in [4.78, 5) is 11.0. The fourth-order valence-corrected chi connectivity index (χ4v) is 1.21. The summed E-state index contributed by atoms with van der Waals surface area (Å²) >= 11 is 0. The molecule has 10 heavy (non-hydrogen) atoms. The topological polar surface area (TPSA) is 41.1 Å². The van der Waals surface area contributed by atoms with Gasteiger partial charge in [-0.3, -0.25) is 4.79 Å². The second kappa shape index (κ2) is 3.68. The number of Topliss-reactive ketones (excluding diaryl/α,β-unsaturated/α-hetero) is 1. The van der Waals surface area contributed by atoms with Crippen molar-refractivity contribution in [3.63, 3.8) is 0 Å². The fraction of sp³-hybridized carbons (Fsp3) is 0.857. The maximum atomic E-state index is 11.0. The van der Waals surface area contributed by atoms with Gasteiger partial charge in [0.1, 0.15) is 0 Å². The summed E-state index contributed by atoms with van der Waals surface area (Å²) in [6, 6.07) is 0.132. The van der Waals surface area contributed by atoms with Crippen molar-refractivity contribution < 1.29 is 4.79 Å². The first-order valence-corrected chi connectivity index (χ1v) is 3.75. The van der Waals surface area contributed by atoms with Gasteiger partial charge in [0, 0.05) is 13.0 Å². The van der Waals surface area contributed by atoms with Crippen LogP contribution in [-0.2, 0) is 4.79 Å². The summed E-state index contributed by atoms with van der Waals surface area (Å²) in [5.74, 6) is 0.371. The Balaban J connectivity index is 2.20. The van der Waals surface area contributed by atoms with Crippen molar-refractivity contribution in [3.8, 4) is 0 Å². The number of ketones is 1. The highest BCUT2D eigenvalue weighted by Crippen LogP contribution is 2.02. The van der Waals surface area contributed by atoms with E-state index in [1.54, 1.807) is 0 Å². The quantitative estimate of drug-likeness (QED) is 0.559. The molecule has 0 aromatic carbocycles. The second-order valence-electron chi connectivity index (χ2n) is 2.62. The number of carbonyl (C=O) groups excluding carboxylic acids is 1. The van der Waals surface area contributed by atoms with E-state index in [9.17, 15) is 4.79 Å². The Morgan fingerprint density at radius 1 is 1.80 bits per heavy atom. The molecule has 3 heteroatoms. The Bertz CT molecular complexity index is 125. The lowest BCUT2D eigenvalue weighted by atomic mass is 10.1. The fourth-order valence-electron chi connectivity index (χ4n) is 1.21.